The molecule has 0 aromatic rings. The van der Waals surface area contributed by atoms with Crippen molar-refractivity contribution < 1.29 is 4.74 Å². The molecule has 0 aromatic carbocycles. The van der Waals surface area contributed by atoms with Gasteiger partial charge in [0.25, 0.3) is 0 Å². The van der Waals surface area contributed by atoms with Gasteiger partial charge in [-0.05, 0) is 5.92 Å². The van der Waals surface area contributed by atoms with Gasteiger partial charge in [-0.2, -0.15) is 0 Å². The van der Waals surface area contributed by atoms with Gasteiger partial charge in [0.05, 0.1) is 18.8 Å². The smallest absolute Gasteiger partial charge is 0.0782 e. The van der Waals surface area contributed by atoms with Crippen molar-refractivity contribution in [2.45, 2.75) is 25.4 Å². The van der Waals surface area contributed by atoms with Gasteiger partial charge in [0, 0.05) is 19.1 Å². The molecule has 0 bridgehead atoms. The van der Waals surface area contributed by atoms with E-state index < -0.39 is 0 Å². The third-order valence-corrected chi connectivity index (χ3v) is 2.88. The SMILES string of the molecule is CC(C)[C@@H]1CNCC2(COC2)N1. The zero-order valence-corrected chi connectivity index (χ0v) is 7.89. The van der Waals surface area contributed by atoms with E-state index in [0.717, 1.165) is 26.3 Å². The van der Waals surface area contributed by atoms with E-state index >= 15 is 0 Å². The molecule has 2 heterocycles. The van der Waals surface area contributed by atoms with Crippen LogP contribution < -0.4 is 10.6 Å². The molecule has 2 fully saturated rings. The van der Waals surface area contributed by atoms with Crippen LogP contribution in [-0.4, -0.2) is 37.9 Å². The van der Waals surface area contributed by atoms with Crippen LogP contribution in [0.15, 0.2) is 0 Å². The fraction of sp³-hybridized carbons (Fsp3) is 1.00. The zero-order valence-electron chi connectivity index (χ0n) is 7.89. The topological polar surface area (TPSA) is 33.3 Å². The lowest BCUT2D eigenvalue weighted by atomic mass is 9.90. The van der Waals surface area contributed by atoms with Gasteiger partial charge in [-0.1, -0.05) is 13.8 Å². The molecule has 3 nitrogen and oxygen atoms in total. The summed E-state index contributed by atoms with van der Waals surface area (Å²) in [5.74, 6) is 0.704. The minimum atomic E-state index is 0.271. The van der Waals surface area contributed by atoms with Crippen LogP contribution in [0.25, 0.3) is 0 Å². The molecule has 12 heavy (non-hydrogen) atoms. The van der Waals surface area contributed by atoms with E-state index in [1.165, 1.54) is 0 Å². The average Bonchev–Trinajstić information content (AvgIpc) is 2.02. The summed E-state index contributed by atoms with van der Waals surface area (Å²) in [4.78, 5) is 0. The molecule has 70 valence electrons. The van der Waals surface area contributed by atoms with Crippen molar-refractivity contribution in [2.75, 3.05) is 26.3 Å². The highest BCUT2D eigenvalue weighted by molar-refractivity contribution is 5.02. The summed E-state index contributed by atoms with van der Waals surface area (Å²) in [7, 11) is 0. The second kappa shape index (κ2) is 2.98. The first kappa shape index (κ1) is 8.48. The van der Waals surface area contributed by atoms with Crippen LogP contribution in [0.5, 0.6) is 0 Å². The first-order chi connectivity index (χ1) is 5.72. The lowest BCUT2D eigenvalue weighted by molar-refractivity contribution is -0.0893. The number of hydrogen-bond donors (Lipinski definition) is 2. The Morgan fingerprint density at radius 3 is 2.67 bits per heavy atom. The Balaban J connectivity index is 1.94. The van der Waals surface area contributed by atoms with E-state index in [4.69, 9.17) is 4.74 Å². The maximum Gasteiger partial charge on any atom is 0.0782 e. The molecule has 2 aliphatic rings. The fourth-order valence-electron chi connectivity index (χ4n) is 1.90. The minimum Gasteiger partial charge on any atom is -0.377 e. The van der Waals surface area contributed by atoms with E-state index in [0.29, 0.717) is 12.0 Å². The second-order valence-corrected chi connectivity index (χ2v) is 4.40. The van der Waals surface area contributed by atoms with Gasteiger partial charge in [-0.15, -0.1) is 0 Å². The van der Waals surface area contributed by atoms with Gasteiger partial charge < -0.3 is 15.4 Å². The van der Waals surface area contributed by atoms with Gasteiger partial charge in [0.2, 0.25) is 0 Å². The summed E-state index contributed by atoms with van der Waals surface area (Å²) < 4.78 is 5.24. The molecule has 1 atom stereocenters. The summed E-state index contributed by atoms with van der Waals surface area (Å²) in [5, 5.41) is 7.14. The molecule has 3 heteroatoms. The minimum absolute atomic E-state index is 0.271. The summed E-state index contributed by atoms with van der Waals surface area (Å²) in [6, 6.07) is 0.614. The normalized spacial score (nSPS) is 33.8. The van der Waals surface area contributed by atoms with Crippen LogP contribution in [0.4, 0.5) is 0 Å². The monoisotopic (exact) mass is 170 g/mol. The Kier molecular flexibility index (Phi) is 2.10. The number of ether oxygens (including phenoxy) is 1. The summed E-state index contributed by atoms with van der Waals surface area (Å²) >= 11 is 0. The Labute approximate surface area is 73.9 Å². The third kappa shape index (κ3) is 1.37. The highest BCUT2D eigenvalue weighted by atomic mass is 16.5. The van der Waals surface area contributed by atoms with Crippen LogP contribution >= 0.6 is 0 Å². The van der Waals surface area contributed by atoms with Gasteiger partial charge >= 0.3 is 0 Å². The van der Waals surface area contributed by atoms with Crippen molar-refractivity contribution in [3.05, 3.63) is 0 Å². The standard InChI is InChI=1S/C9H18N2O/c1-7(2)8-3-10-4-9(11-8)5-12-6-9/h7-8,10-11H,3-6H2,1-2H3/t8-/m0/s1. The van der Waals surface area contributed by atoms with Gasteiger partial charge in [-0.25, -0.2) is 0 Å². The van der Waals surface area contributed by atoms with Crippen LogP contribution in [-0.2, 0) is 4.74 Å². The van der Waals surface area contributed by atoms with Gasteiger partial charge in [-0.3, -0.25) is 0 Å². The largest absolute Gasteiger partial charge is 0.377 e. The van der Waals surface area contributed by atoms with Crippen LogP contribution in [0.2, 0.25) is 0 Å². The van der Waals surface area contributed by atoms with Crippen molar-refractivity contribution in [1.82, 2.24) is 10.6 Å². The van der Waals surface area contributed by atoms with Crippen molar-refractivity contribution in [3.8, 4) is 0 Å². The number of rotatable bonds is 1. The van der Waals surface area contributed by atoms with E-state index in [1.807, 2.05) is 0 Å². The molecule has 0 unspecified atom stereocenters. The molecule has 0 amide bonds. The second-order valence-electron chi connectivity index (χ2n) is 4.40. The van der Waals surface area contributed by atoms with Gasteiger partial charge in [0.1, 0.15) is 0 Å². The molecular formula is C9H18N2O. The van der Waals surface area contributed by atoms with E-state index in [9.17, 15) is 0 Å². The van der Waals surface area contributed by atoms with Gasteiger partial charge in [0.15, 0.2) is 0 Å². The summed E-state index contributed by atoms with van der Waals surface area (Å²) in [5.41, 5.74) is 0.271. The molecule has 0 saturated carbocycles. The summed E-state index contributed by atoms with van der Waals surface area (Å²) in [6.45, 7) is 8.44. The molecule has 2 aliphatic heterocycles. The van der Waals surface area contributed by atoms with Crippen molar-refractivity contribution in [1.29, 1.82) is 0 Å². The Hall–Kier alpha value is -0.120. The highest BCUT2D eigenvalue weighted by Crippen LogP contribution is 2.21. The maximum atomic E-state index is 5.24. The highest BCUT2D eigenvalue weighted by Gasteiger charge is 2.42. The molecule has 2 saturated heterocycles. The Morgan fingerprint density at radius 2 is 2.17 bits per heavy atom. The Bertz CT molecular complexity index is 166. The van der Waals surface area contributed by atoms with Crippen molar-refractivity contribution in [2.24, 2.45) is 5.92 Å². The predicted molar refractivity (Wildman–Crippen MR) is 48.2 cm³/mol. The molecule has 1 spiro atoms. The maximum absolute atomic E-state index is 5.24. The lowest BCUT2D eigenvalue weighted by Crippen LogP contribution is -2.73. The molecule has 0 aromatic heterocycles. The fourth-order valence-corrected chi connectivity index (χ4v) is 1.90. The first-order valence-corrected chi connectivity index (χ1v) is 4.78. The predicted octanol–water partition coefficient (Wildman–Crippen LogP) is -0.0272. The lowest BCUT2D eigenvalue weighted by Gasteiger charge is -2.49. The first-order valence-electron chi connectivity index (χ1n) is 4.78. The van der Waals surface area contributed by atoms with E-state index in [1.54, 1.807) is 0 Å². The van der Waals surface area contributed by atoms with E-state index in [2.05, 4.69) is 24.5 Å². The number of hydrogen-bond acceptors (Lipinski definition) is 3. The van der Waals surface area contributed by atoms with Crippen molar-refractivity contribution >= 4 is 0 Å². The molecule has 0 aliphatic carbocycles. The molecule has 2 rings (SSSR count). The number of piperazine rings is 1. The molecule has 0 radical (unpaired) electrons. The zero-order chi connectivity index (χ0) is 8.60. The summed E-state index contributed by atoms with van der Waals surface area (Å²) in [6.07, 6.45) is 0. The van der Waals surface area contributed by atoms with Crippen LogP contribution in [0.1, 0.15) is 13.8 Å². The Morgan fingerprint density at radius 1 is 1.42 bits per heavy atom. The number of nitrogens with one attached hydrogen (secondary N) is 2. The quantitative estimate of drug-likeness (QED) is 0.580. The molecular weight excluding hydrogens is 152 g/mol. The van der Waals surface area contributed by atoms with E-state index in [-0.39, 0.29) is 5.54 Å². The molecule has 2 N–H and O–H groups in total. The van der Waals surface area contributed by atoms with Crippen LogP contribution in [0, 0.1) is 5.92 Å². The average molecular weight is 170 g/mol. The van der Waals surface area contributed by atoms with Crippen LogP contribution in [0.3, 0.4) is 0 Å². The third-order valence-electron chi connectivity index (χ3n) is 2.88. The van der Waals surface area contributed by atoms with Crippen molar-refractivity contribution in [3.63, 3.8) is 0 Å².